The van der Waals surface area contributed by atoms with Gasteiger partial charge in [-0.1, -0.05) is 97.1 Å². The molecule has 6 aromatic rings. The lowest BCUT2D eigenvalue weighted by Crippen LogP contribution is -2.76. The maximum Gasteiger partial charge on any atom is 0.188 e. The van der Waals surface area contributed by atoms with Crippen molar-refractivity contribution in [1.82, 2.24) is 4.98 Å². The van der Waals surface area contributed by atoms with Crippen LogP contribution in [0, 0.1) is 0 Å². The molecule has 5 aromatic carbocycles. The van der Waals surface area contributed by atoms with Gasteiger partial charge in [-0.05, 0) is 45.0 Å². The van der Waals surface area contributed by atoms with Gasteiger partial charge in [-0.15, -0.1) is 0 Å². The molecule has 2 heterocycles. The standard InChI is InChI=1S/C30H21NOSi/c1-3-11-21(12-4-1)33(22-13-5-2-6-14-22)29-18-10-9-17-27(29)32-28-19-24-23-15-7-8-16-25(23)31-26(24)20-30(28)33/h1-20,31H. The minimum absolute atomic E-state index is 0.962. The summed E-state index contributed by atoms with van der Waals surface area (Å²) in [6.07, 6.45) is 0. The van der Waals surface area contributed by atoms with E-state index in [4.69, 9.17) is 4.74 Å². The van der Waals surface area contributed by atoms with Crippen LogP contribution in [0.15, 0.2) is 121 Å². The third-order valence-corrected chi connectivity index (χ3v) is 11.8. The number of ether oxygens (including phenoxy) is 1. The van der Waals surface area contributed by atoms with E-state index in [-0.39, 0.29) is 0 Å². The number of hydrogen-bond donors (Lipinski definition) is 1. The predicted octanol–water partition coefficient (Wildman–Crippen LogP) is 4.80. The van der Waals surface area contributed by atoms with Crippen LogP contribution in [0.1, 0.15) is 0 Å². The van der Waals surface area contributed by atoms with Gasteiger partial charge in [0.2, 0.25) is 0 Å². The summed E-state index contributed by atoms with van der Waals surface area (Å²) in [7, 11) is -2.59. The van der Waals surface area contributed by atoms with E-state index < -0.39 is 8.07 Å². The molecule has 0 atom stereocenters. The van der Waals surface area contributed by atoms with Gasteiger partial charge in [0.05, 0.1) is 0 Å². The number of rotatable bonds is 2. The number of benzene rings is 5. The second-order valence-electron chi connectivity index (χ2n) is 8.64. The Balaban J connectivity index is 1.67. The molecule has 0 spiro atoms. The normalized spacial score (nSPS) is 13.9. The number of hydrogen-bond acceptors (Lipinski definition) is 1. The van der Waals surface area contributed by atoms with E-state index in [0.29, 0.717) is 0 Å². The third kappa shape index (κ3) is 2.54. The minimum atomic E-state index is -2.59. The van der Waals surface area contributed by atoms with Crippen LogP contribution in [0.25, 0.3) is 21.8 Å². The molecule has 3 heteroatoms. The SMILES string of the molecule is c1ccc([Si]2(c3ccccc3)c3ccccc3Oc3cc4c(cc32)[nH]c2ccccc24)cc1. The van der Waals surface area contributed by atoms with Crippen molar-refractivity contribution < 1.29 is 4.74 Å². The lowest BCUT2D eigenvalue weighted by atomic mass is 10.1. The molecule has 0 amide bonds. The maximum absolute atomic E-state index is 6.62. The molecule has 1 aliphatic rings. The zero-order valence-corrected chi connectivity index (χ0v) is 19.0. The molecule has 2 nitrogen and oxygen atoms in total. The van der Waals surface area contributed by atoms with Gasteiger partial charge in [0.1, 0.15) is 11.5 Å². The first-order valence-corrected chi connectivity index (χ1v) is 13.3. The number of aromatic nitrogens is 1. The van der Waals surface area contributed by atoms with Crippen LogP contribution in [0.2, 0.25) is 0 Å². The van der Waals surface area contributed by atoms with Crippen LogP contribution in [0.3, 0.4) is 0 Å². The van der Waals surface area contributed by atoms with Gasteiger partial charge < -0.3 is 9.72 Å². The molecular weight excluding hydrogens is 418 g/mol. The van der Waals surface area contributed by atoms with E-state index in [9.17, 15) is 0 Å². The smallest absolute Gasteiger partial charge is 0.188 e. The number of H-pyrrole nitrogens is 1. The highest BCUT2D eigenvalue weighted by Crippen LogP contribution is 2.34. The zero-order valence-electron chi connectivity index (χ0n) is 18.0. The highest BCUT2D eigenvalue weighted by atomic mass is 28.3. The van der Waals surface area contributed by atoms with Crippen molar-refractivity contribution in [2.75, 3.05) is 0 Å². The van der Waals surface area contributed by atoms with Gasteiger partial charge in [0.15, 0.2) is 8.07 Å². The van der Waals surface area contributed by atoms with Crippen LogP contribution in [-0.4, -0.2) is 13.1 Å². The van der Waals surface area contributed by atoms with Gasteiger partial charge in [-0.25, -0.2) is 0 Å². The average molecular weight is 440 g/mol. The summed E-state index contributed by atoms with van der Waals surface area (Å²) in [4.78, 5) is 3.66. The van der Waals surface area contributed by atoms with Gasteiger partial charge in [0.25, 0.3) is 0 Å². The molecule has 0 radical (unpaired) electrons. The predicted molar refractivity (Wildman–Crippen MR) is 139 cm³/mol. The number of nitrogens with one attached hydrogen (secondary N) is 1. The largest absolute Gasteiger partial charge is 0.458 e. The lowest BCUT2D eigenvalue weighted by Gasteiger charge is -2.39. The van der Waals surface area contributed by atoms with E-state index in [1.165, 1.54) is 31.5 Å². The average Bonchev–Trinajstić information content (AvgIpc) is 3.25. The molecule has 33 heavy (non-hydrogen) atoms. The Hall–Kier alpha value is -4.08. The van der Waals surface area contributed by atoms with E-state index in [1.54, 1.807) is 0 Å². The summed E-state index contributed by atoms with van der Waals surface area (Å²) in [5, 5.41) is 7.74. The molecule has 0 unspecified atom stereocenters. The molecule has 1 aliphatic heterocycles. The molecule has 156 valence electrons. The second-order valence-corrected chi connectivity index (χ2v) is 12.4. The summed E-state index contributed by atoms with van der Waals surface area (Å²) < 4.78 is 6.62. The van der Waals surface area contributed by atoms with Crippen LogP contribution in [-0.2, 0) is 0 Å². The van der Waals surface area contributed by atoms with Crippen LogP contribution >= 0.6 is 0 Å². The first-order chi connectivity index (χ1) is 16.4. The molecule has 0 saturated heterocycles. The van der Waals surface area contributed by atoms with Gasteiger partial charge in [0, 0.05) is 21.8 Å². The Morgan fingerprint density at radius 1 is 0.485 bits per heavy atom. The van der Waals surface area contributed by atoms with Crippen molar-refractivity contribution in [2.45, 2.75) is 0 Å². The Labute approximate surface area is 193 Å². The highest BCUT2D eigenvalue weighted by Gasteiger charge is 2.48. The number of aromatic amines is 1. The Morgan fingerprint density at radius 3 is 1.88 bits per heavy atom. The topological polar surface area (TPSA) is 25.0 Å². The summed E-state index contributed by atoms with van der Waals surface area (Å²) in [6, 6.07) is 43.7. The molecule has 0 aliphatic carbocycles. The first-order valence-electron chi connectivity index (χ1n) is 11.3. The van der Waals surface area contributed by atoms with Crippen molar-refractivity contribution in [3.05, 3.63) is 121 Å². The van der Waals surface area contributed by atoms with Crippen LogP contribution < -0.4 is 25.5 Å². The van der Waals surface area contributed by atoms with E-state index in [1.807, 2.05) is 0 Å². The van der Waals surface area contributed by atoms with Gasteiger partial charge in [-0.2, -0.15) is 0 Å². The number of para-hydroxylation sites is 2. The van der Waals surface area contributed by atoms with Crippen molar-refractivity contribution in [3.8, 4) is 11.5 Å². The van der Waals surface area contributed by atoms with Crippen molar-refractivity contribution in [2.24, 2.45) is 0 Å². The first kappa shape index (κ1) is 18.5. The fraction of sp³-hybridized carbons (Fsp3) is 0. The summed E-state index contributed by atoms with van der Waals surface area (Å²) in [6.45, 7) is 0. The zero-order chi connectivity index (χ0) is 21.8. The van der Waals surface area contributed by atoms with Crippen LogP contribution in [0.4, 0.5) is 0 Å². The highest BCUT2D eigenvalue weighted by molar-refractivity contribution is 7.20. The molecule has 7 rings (SSSR count). The maximum atomic E-state index is 6.62. The fourth-order valence-corrected chi connectivity index (χ4v) is 10.5. The monoisotopic (exact) mass is 439 g/mol. The summed E-state index contributed by atoms with van der Waals surface area (Å²) in [5.74, 6) is 1.92. The Bertz CT molecular complexity index is 1600. The molecule has 1 N–H and O–H groups in total. The van der Waals surface area contributed by atoms with E-state index in [2.05, 4.69) is 126 Å². The fourth-order valence-electron chi connectivity index (χ4n) is 5.55. The Morgan fingerprint density at radius 2 is 1.12 bits per heavy atom. The molecular formula is C30H21NOSi. The second kappa shape index (κ2) is 6.96. The van der Waals surface area contributed by atoms with Gasteiger partial charge >= 0.3 is 0 Å². The third-order valence-electron chi connectivity index (χ3n) is 6.93. The van der Waals surface area contributed by atoms with Crippen LogP contribution in [0.5, 0.6) is 11.5 Å². The Kier molecular flexibility index (Phi) is 3.90. The van der Waals surface area contributed by atoms with Crippen molar-refractivity contribution in [1.29, 1.82) is 0 Å². The van der Waals surface area contributed by atoms with E-state index >= 15 is 0 Å². The van der Waals surface area contributed by atoms with Crippen molar-refractivity contribution in [3.63, 3.8) is 0 Å². The summed E-state index contributed by atoms with van der Waals surface area (Å²) in [5.41, 5.74) is 2.31. The molecule has 0 fully saturated rings. The van der Waals surface area contributed by atoms with Crippen molar-refractivity contribution >= 4 is 50.6 Å². The quantitative estimate of drug-likeness (QED) is 0.385. The molecule has 0 saturated carbocycles. The van der Waals surface area contributed by atoms with E-state index in [0.717, 1.165) is 22.5 Å². The molecule has 1 aromatic heterocycles. The molecule has 0 bridgehead atoms. The summed E-state index contributed by atoms with van der Waals surface area (Å²) >= 11 is 0. The van der Waals surface area contributed by atoms with Gasteiger partial charge in [-0.3, -0.25) is 0 Å². The number of fused-ring (bicyclic) bond motifs is 5. The minimum Gasteiger partial charge on any atom is -0.458 e. The lowest BCUT2D eigenvalue weighted by molar-refractivity contribution is 0.488.